The number of halogens is 2. The van der Waals surface area contributed by atoms with Gasteiger partial charge in [-0.25, -0.2) is 8.78 Å². The Bertz CT molecular complexity index is 1180. The SMILES string of the molecule is O=C(NNC(=O)C1CCCN(C(=O)Cc2ccc(F)cc2)C1)c1ccc(-c2ccc(F)cc2)s1. The van der Waals surface area contributed by atoms with Crippen LogP contribution in [0.1, 0.15) is 28.1 Å². The minimum Gasteiger partial charge on any atom is -0.342 e. The lowest BCUT2D eigenvalue weighted by Gasteiger charge is -2.32. The number of nitrogens with one attached hydrogen (secondary N) is 2. The lowest BCUT2D eigenvalue weighted by Crippen LogP contribution is -2.50. The number of hydrazine groups is 1. The van der Waals surface area contributed by atoms with Gasteiger partial charge in [-0.05, 0) is 60.4 Å². The van der Waals surface area contributed by atoms with Crippen molar-refractivity contribution >= 4 is 29.1 Å². The minimum atomic E-state index is -0.452. The normalized spacial score (nSPS) is 15.6. The molecule has 34 heavy (non-hydrogen) atoms. The molecule has 2 aromatic carbocycles. The van der Waals surface area contributed by atoms with Crippen LogP contribution >= 0.6 is 11.3 Å². The summed E-state index contributed by atoms with van der Waals surface area (Å²) >= 11 is 1.23. The number of likely N-dealkylation sites (tertiary alicyclic amines) is 1. The standard InChI is InChI=1S/C25H23F2N3O3S/c26-19-7-3-16(4-8-19)14-23(31)30-13-1-2-18(15-30)24(32)28-29-25(33)22-12-11-21(34-22)17-5-9-20(27)10-6-17/h3-12,18H,1-2,13-15H2,(H,28,32)(H,29,33). The number of hydrogen-bond acceptors (Lipinski definition) is 4. The van der Waals surface area contributed by atoms with Crippen LogP contribution in [0, 0.1) is 17.6 Å². The summed E-state index contributed by atoms with van der Waals surface area (Å²) < 4.78 is 26.2. The van der Waals surface area contributed by atoms with Crippen LogP contribution in [0.15, 0.2) is 60.7 Å². The molecule has 3 aromatic rings. The van der Waals surface area contributed by atoms with Crippen molar-refractivity contribution in [2.75, 3.05) is 13.1 Å². The maximum absolute atomic E-state index is 13.1. The van der Waals surface area contributed by atoms with Gasteiger partial charge < -0.3 is 4.90 Å². The summed E-state index contributed by atoms with van der Waals surface area (Å²) in [5.74, 6) is -2.07. The first-order chi connectivity index (χ1) is 16.4. The number of thiophene rings is 1. The second-order valence-electron chi connectivity index (χ2n) is 8.10. The Morgan fingerprint density at radius 3 is 2.29 bits per heavy atom. The molecule has 3 amide bonds. The highest BCUT2D eigenvalue weighted by Gasteiger charge is 2.28. The van der Waals surface area contributed by atoms with Crippen LogP contribution in [-0.4, -0.2) is 35.7 Å². The molecule has 176 valence electrons. The predicted molar refractivity (Wildman–Crippen MR) is 125 cm³/mol. The Hall–Kier alpha value is -3.59. The van der Waals surface area contributed by atoms with Gasteiger partial charge in [-0.15, -0.1) is 11.3 Å². The first-order valence-corrected chi connectivity index (χ1v) is 11.7. The van der Waals surface area contributed by atoms with E-state index in [9.17, 15) is 23.2 Å². The van der Waals surface area contributed by atoms with Crippen molar-refractivity contribution in [3.63, 3.8) is 0 Å². The van der Waals surface area contributed by atoms with Crippen molar-refractivity contribution in [1.82, 2.24) is 15.8 Å². The molecule has 2 N–H and O–H groups in total. The van der Waals surface area contributed by atoms with E-state index in [0.29, 0.717) is 29.8 Å². The van der Waals surface area contributed by atoms with Gasteiger partial charge >= 0.3 is 0 Å². The van der Waals surface area contributed by atoms with E-state index < -0.39 is 11.8 Å². The molecule has 1 aliphatic rings. The molecule has 0 saturated carbocycles. The van der Waals surface area contributed by atoms with Gasteiger partial charge in [-0.2, -0.15) is 0 Å². The van der Waals surface area contributed by atoms with Crippen LogP contribution in [-0.2, 0) is 16.0 Å². The third kappa shape index (κ3) is 5.85. The number of rotatable bonds is 5. The first-order valence-electron chi connectivity index (χ1n) is 10.9. The molecule has 2 heterocycles. The molecule has 1 saturated heterocycles. The van der Waals surface area contributed by atoms with Gasteiger partial charge in [0.2, 0.25) is 11.8 Å². The molecule has 0 aliphatic carbocycles. The molecule has 1 atom stereocenters. The largest absolute Gasteiger partial charge is 0.342 e. The minimum absolute atomic E-state index is 0.125. The Kier molecular flexibility index (Phi) is 7.32. The highest BCUT2D eigenvalue weighted by molar-refractivity contribution is 7.17. The zero-order chi connectivity index (χ0) is 24.1. The van der Waals surface area contributed by atoms with Gasteiger partial charge in [-0.1, -0.05) is 24.3 Å². The lowest BCUT2D eigenvalue weighted by molar-refractivity contribution is -0.135. The average Bonchev–Trinajstić information content (AvgIpc) is 3.35. The summed E-state index contributed by atoms with van der Waals surface area (Å²) in [6.45, 7) is 0.812. The van der Waals surface area contributed by atoms with Gasteiger partial charge in [-0.3, -0.25) is 25.2 Å². The van der Waals surface area contributed by atoms with Crippen LogP contribution in [0.2, 0.25) is 0 Å². The molecule has 1 unspecified atom stereocenters. The van der Waals surface area contributed by atoms with E-state index in [4.69, 9.17) is 0 Å². The van der Waals surface area contributed by atoms with Gasteiger partial charge in [0, 0.05) is 18.0 Å². The molecule has 0 spiro atoms. The third-order valence-corrected chi connectivity index (χ3v) is 6.80. The highest BCUT2D eigenvalue weighted by Crippen LogP contribution is 2.28. The number of piperidine rings is 1. The summed E-state index contributed by atoms with van der Waals surface area (Å²) in [6, 6.07) is 15.2. The molecule has 4 rings (SSSR count). The quantitative estimate of drug-likeness (QED) is 0.540. The molecule has 1 aromatic heterocycles. The van der Waals surface area contributed by atoms with E-state index in [1.165, 1.54) is 35.6 Å². The van der Waals surface area contributed by atoms with E-state index in [1.807, 2.05) is 0 Å². The number of carbonyl (C=O) groups is 3. The van der Waals surface area contributed by atoms with Crippen molar-refractivity contribution in [2.45, 2.75) is 19.3 Å². The summed E-state index contributed by atoms with van der Waals surface area (Å²) in [7, 11) is 0. The van der Waals surface area contributed by atoms with Crippen LogP contribution in [0.25, 0.3) is 10.4 Å². The molecule has 1 fully saturated rings. The number of carbonyl (C=O) groups excluding carboxylic acids is 3. The Morgan fingerprint density at radius 2 is 1.59 bits per heavy atom. The lowest BCUT2D eigenvalue weighted by atomic mass is 9.97. The molecule has 1 aliphatic heterocycles. The smallest absolute Gasteiger partial charge is 0.279 e. The molecular formula is C25H23F2N3O3S. The second-order valence-corrected chi connectivity index (χ2v) is 9.18. The van der Waals surface area contributed by atoms with Gasteiger partial charge in [0.15, 0.2) is 0 Å². The molecule has 0 radical (unpaired) electrons. The van der Waals surface area contributed by atoms with Crippen molar-refractivity contribution < 1.29 is 23.2 Å². The molecule has 0 bridgehead atoms. The third-order valence-electron chi connectivity index (χ3n) is 5.67. The monoisotopic (exact) mass is 483 g/mol. The zero-order valence-corrected chi connectivity index (χ0v) is 19.0. The maximum atomic E-state index is 13.1. The maximum Gasteiger partial charge on any atom is 0.279 e. The summed E-state index contributed by atoms with van der Waals surface area (Å²) in [5, 5.41) is 0. The van der Waals surface area contributed by atoms with Crippen molar-refractivity contribution in [2.24, 2.45) is 5.92 Å². The van der Waals surface area contributed by atoms with E-state index in [1.54, 1.807) is 41.3 Å². The van der Waals surface area contributed by atoms with Crippen LogP contribution in [0.5, 0.6) is 0 Å². The Labute approximate surface area is 199 Å². The van der Waals surface area contributed by atoms with Gasteiger partial charge in [0.25, 0.3) is 5.91 Å². The first kappa shape index (κ1) is 23.6. The topological polar surface area (TPSA) is 78.5 Å². The Morgan fingerprint density at radius 1 is 0.912 bits per heavy atom. The number of hydrogen-bond donors (Lipinski definition) is 2. The predicted octanol–water partition coefficient (Wildman–Crippen LogP) is 3.94. The summed E-state index contributed by atoms with van der Waals surface area (Å²) in [6.07, 6.45) is 1.42. The van der Waals surface area contributed by atoms with Crippen LogP contribution in [0.4, 0.5) is 8.78 Å². The zero-order valence-electron chi connectivity index (χ0n) is 18.2. The number of nitrogens with zero attached hydrogens (tertiary/aromatic N) is 1. The van der Waals surface area contributed by atoms with E-state index >= 15 is 0 Å². The van der Waals surface area contributed by atoms with Gasteiger partial charge in [0.1, 0.15) is 11.6 Å². The van der Waals surface area contributed by atoms with Crippen molar-refractivity contribution in [3.8, 4) is 10.4 Å². The Balaban J connectivity index is 1.28. The molecular weight excluding hydrogens is 460 g/mol. The average molecular weight is 484 g/mol. The molecule has 6 nitrogen and oxygen atoms in total. The number of benzene rings is 2. The summed E-state index contributed by atoms with van der Waals surface area (Å²) in [5.41, 5.74) is 6.40. The molecule has 9 heteroatoms. The van der Waals surface area contributed by atoms with Crippen LogP contribution in [0.3, 0.4) is 0 Å². The van der Waals surface area contributed by atoms with Crippen LogP contribution < -0.4 is 10.9 Å². The highest BCUT2D eigenvalue weighted by atomic mass is 32.1. The summed E-state index contributed by atoms with van der Waals surface area (Å²) in [4.78, 5) is 40.5. The van der Waals surface area contributed by atoms with E-state index in [0.717, 1.165) is 10.4 Å². The fourth-order valence-electron chi connectivity index (χ4n) is 3.82. The van der Waals surface area contributed by atoms with E-state index in [-0.39, 0.29) is 36.4 Å². The fraction of sp³-hybridized carbons (Fsp3) is 0.240. The van der Waals surface area contributed by atoms with Crippen molar-refractivity contribution in [1.29, 1.82) is 0 Å². The van der Waals surface area contributed by atoms with Crippen molar-refractivity contribution in [3.05, 3.63) is 82.7 Å². The second kappa shape index (κ2) is 10.6. The number of amides is 3. The van der Waals surface area contributed by atoms with Gasteiger partial charge in [0.05, 0.1) is 17.2 Å². The fourth-order valence-corrected chi connectivity index (χ4v) is 4.72. The van der Waals surface area contributed by atoms with E-state index in [2.05, 4.69) is 10.9 Å².